The fourth-order valence-electron chi connectivity index (χ4n) is 3.62. The van der Waals surface area contributed by atoms with Crippen LogP contribution in [-0.2, 0) is 6.18 Å². The molecular formula is C21H26F3N3O. The van der Waals surface area contributed by atoms with E-state index in [2.05, 4.69) is 9.97 Å². The molecule has 1 aromatic carbocycles. The first-order valence-corrected chi connectivity index (χ1v) is 9.52. The highest BCUT2D eigenvalue weighted by atomic mass is 19.4. The third kappa shape index (κ3) is 4.56. The molecule has 0 N–H and O–H groups in total. The smallest absolute Gasteiger partial charge is 0.421 e. The number of benzene rings is 1. The van der Waals surface area contributed by atoms with Gasteiger partial charge in [-0.1, -0.05) is 31.0 Å². The van der Waals surface area contributed by atoms with Crippen molar-refractivity contribution in [3.8, 4) is 6.01 Å². The van der Waals surface area contributed by atoms with Crippen LogP contribution in [-0.4, -0.2) is 22.6 Å². The van der Waals surface area contributed by atoms with Gasteiger partial charge in [0.15, 0.2) is 5.82 Å². The summed E-state index contributed by atoms with van der Waals surface area (Å²) in [6, 6.07) is 7.55. The Bertz CT molecular complexity index is 824. The maximum atomic E-state index is 13.6. The zero-order valence-corrected chi connectivity index (χ0v) is 16.7. The zero-order valence-electron chi connectivity index (χ0n) is 16.7. The quantitative estimate of drug-likeness (QED) is 0.629. The Hall–Kier alpha value is -2.31. The van der Waals surface area contributed by atoms with Crippen LogP contribution in [0.4, 0.5) is 24.7 Å². The standard InChI is InChI=1S/C21H26F3N3O/c1-20(2,3)28-19-25-13-16(21(22,23)24)18(26-19)27(4)17-12-8-7-11-15(17)14-9-5-6-10-14/h7-8,11-14H,5-6,9-10H2,1-4H3. The molecule has 1 fully saturated rings. The first kappa shape index (κ1) is 20.4. The lowest BCUT2D eigenvalue weighted by Crippen LogP contribution is -2.26. The molecule has 1 aromatic heterocycles. The summed E-state index contributed by atoms with van der Waals surface area (Å²) in [5.41, 5.74) is 0.308. The SMILES string of the molecule is CN(c1ccccc1C1CCCC1)c1nc(OC(C)(C)C)ncc1C(F)(F)F. The molecule has 3 rings (SSSR count). The molecule has 0 atom stereocenters. The first-order valence-electron chi connectivity index (χ1n) is 9.52. The summed E-state index contributed by atoms with van der Waals surface area (Å²) in [4.78, 5) is 9.44. The van der Waals surface area contributed by atoms with E-state index in [-0.39, 0.29) is 11.8 Å². The Morgan fingerprint density at radius 3 is 2.32 bits per heavy atom. The largest absolute Gasteiger partial charge is 0.458 e. The third-order valence-corrected chi connectivity index (χ3v) is 4.86. The molecule has 0 aliphatic heterocycles. The summed E-state index contributed by atoms with van der Waals surface area (Å²) < 4.78 is 46.6. The average Bonchev–Trinajstić information content (AvgIpc) is 3.13. The summed E-state index contributed by atoms with van der Waals surface area (Å²) in [6.07, 6.45) is 0.643. The van der Waals surface area contributed by atoms with Gasteiger partial charge in [-0.15, -0.1) is 0 Å². The number of hydrogen-bond donors (Lipinski definition) is 0. The fourth-order valence-corrected chi connectivity index (χ4v) is 3.62. The van der Waals surface area contributed by atoms with Crippen molar-refractivity contribution in [2.24, 2.45) is 0 Å². The predicted molar refractivity (Wildman–Crippen MR) is 103 cm³/mol. The van der Waals surface area contributed by atoms with Gasteiger partial charge in [-0.05, 0) is 51.2 Å². The molecule has 1 aliphatic rings. The van der Waals surface area contributed by atoms with Crippen LogP contribution in [0.25, 0.3) is 0 Å². The minimum absolute atomic E-state index is 0.0688. The molecule has 0 unspecified atom stereocenters. The highest BCUT2D eigenvalue weighted by molar-refractivity contribution is 5.66. The Labute approximate surface area is 163 Å². The van der Waals surface area contributed by atoms with Crippen LogP contribution < -0.4 is 9.64 Å². The van der Waals surface area contributed by atoms with E-state index in [1.54, 1.807) is 27.8 Å². The number of rotatable bonds is 4. The number of hydrogen-bond acceptors (Lipinski definition) is 4. The van der Waals surface area contributed by atoms with Gasteiger partial charge in [0.2, 0.25) is 0 Å². The summed E-state index contributed by atoms with van der Waals surface area (Å²) in [5, 5.41) is 0. The van der Waals surface area contributed by atoms with E-state index in [1.807, 2.05) is 24.3 Å². The molecule has 0 bridgehead atoms. The highest BCUT2D eigenvalue weighted by Gasteiger charge is 2.37. The monoisotopic (exact) mass is 393 g/mol. The van der Waals surface area contributed by atoms with Crippen LogP contribution in [0.2, 0.25) is 0 Å². The van der Waals surface area contributed by atoms with Gasteiger partial charge >= 0.3 is 12.2 Å². The van der Waals surface area contributed by atoms with Gasteiger partial charge in [-0.2, -0.15) is 18.2 Å². The van der Waals surface area contributed by atoms with E-state index in [0.29, 0.717) is 5.92 Å². The second-order valence-electron chi connectivity index (χ2n) is 8.20. The summed E-state index contributed by atoms with van der Waals surface area (Å²) in [5.74, 6) is 0.160. The zero-order chi connectivity index (χ0) is 20.5. The van der Waals surface area contributed by atoms with Crippen LogP contribution in [0.3, 0.4) is 0 Å². The predicted octanol–water partition coefficient (Wildman–Crippen LogP) is 6.10. The second kappa shape index (κ2) is 7.60. The molecule has 0 spiro atoms. The van der Waals surface area contributed by atoms with Crippen LogP contribution in [0.1, 0.15) is 63.5 Å². The minimum atomic E-state index is -4.56. The molecule has 28 heavy (non-hydrogen) atoms. The Balaban J connectivity index is 2.07. The van der Waals surface area contributed by atoms with Crippen molar-refractivity contribution in [3.05, 3.63) is 41.6 Å². The minimum Gasteiger partial charge on any atom is -0.458 e. The molecule has 1 heterocycles. The molecule has 1 aliphatic carbocycles. The lowest BCUT2D eigenvalue weighted by molar-refractivity contribution is -0.137. The van der Waals surface area contributed by atoms with E-state index < -0.39 is 17.3 Å². The molecule has 2 aromatic rings. The lowest BCUT2D eigenvalue weighted by atomic mass is 9.95. The molecule has 0 amide bonds. The van der Waals surface area contributed by atoms with E-state index in [1.165, 1.54) is 4.90 Å². The van der Waals surface area contributed by atoms with Crippen LogP contribution >= 0.6 is 0 Å². The van der Waals surface area contributed by atoms with Gasteiger partial charge in [-0.3, -0.25) is 0 Å². The van der Waals surface area contributed by atoms with Crippen molar-refractivity contribution in [2.75, 3.05) is 11.9 Å². The molecular weight excluding hydrogens is 367 g/mol. The summed E-state index contributed by atoms with van der Waals surface area (Å²) in [6.45, 7) is 5.40. The van der Waals surface area contributed by atoms with Gasteiger partial charge in [0, 0.05) is 18.9 Å². The number of halogens is 3. The van der Waals surface area contributed by atoms with Crippen LogP contribution in [0.15, 0.2) is 30.5 Å². The van der Waals surface area contributed by atoms with Crippen LogP contribution in [0, 0.1) is 0 Å². The second-order valence-corrected chi connectivity index (χ2v) is 8.20. The van der Waals surface area contributed by atoms with E-state index in [0.717, 1.165) is 43.1 Å². The van der Waals surface area contributed by atoms with Gasteiger partial charge in [-0.25, -0.2) is 4.98 Å². The molecule has 152 valence electrons. The maximum absolute atomic E-state index is 13.6. The Morgan fingerprint density at radius 2 is 1.71 bits per heavy atom. The molecule has 1 saturated carbocycles. The normalized spacial score (nSPS) is 15.7. The van der Waals surface area contributed by atoms with Crippen molar-refractivity contribution in [1.29, 1.82) is 0 Å². The maximum Gasteiger partial charge on any atom is 0.421 e. The van der Waals surface area contributed by atoms with Crippen molar-refractivity contribution >= 4 is 11.5 Å². The molecule has 4 nitrogen and oxygen atoms in total. The van der Waals surface area contributed by atoms with Gasteiger partial charge in [0.05, 0.1) is 0 Å². The van der Waals surface area contributed by atoms with E-state index in [4.69, 9.17) is 4.74 Å². The number of anilines is 2. The van der Waals surface area contributed by atoms with Gasteiger partial charge < -0.3 is 9.64 Å². The van der Waals surface area contributed by atoms with Crippen molar-refractivity contribution < 1.29 is 17.9 Å². The number of para-hydroxylation sites is 1. The number of nitrogens with zero attached hydrogens (tertiary/aromatic N) is 3. The number of ether oxygens (including phenoxy) is 1. The number of alkyl halides is 3. The van der Waals surface area contributed by atoms with Crippen molar-refractivity contribution in [2.45, 2.75) is 64.1 Å². The third-order valence-electron chi connectivity index (χ3n) is 4.86. The first-order chi connectivity index (χ1) is 13.1. The van der Waals surface area contributed by atoms with E-state index >= 15 is 0 Å². The van der Waals surface area contributed by atoms with Crippen LogP contribution in [0.5, 0.6) is 6.01 Å². The molecule has 0 radical (unpaired) electrons. The summed E-state index contributed by atoms with van der Waals surface area (Å²) in [7, 11) is 1.62. The number of aromatic nitrogens is 2. The Kier molecular flexibility index (Phi) is 5.55. The van der Waals surface area contributed by atoms with E-state index in [9.17, 15) is 13.2 Å². The van der Waals surface area contributed by atoms with Crippen molar-refractivity contribution in [1.82, 2.24) is 9.97 Å². The topological polar surface area (TPSA) is 38.2 Å². The van der Waals surface area contributed by atoms with Gasteiger partial charge in [0.1, 0.15) is 11.2 Å². The van der Waals surface area contributed by atoms with Gasteiger partial charge in [0.25, 0.3) is 0 Å². The summed E-state index contributed by atoms with van der Waals surface area (Å²) >= 11 is 0. The van der Waals surface area contributed by atoms with Crippen molar-refractivity contribution in [3.63, 3.8) is 0 Å². The Morgan fingerprint density at radius 1 is 1.07 bits per heavy atom. The fraction of sp³-hybridized carbons (Fsp3) is 0.524. The lowest BCUT2D eigenvalue weighted by Gasteiger charge is -2.27. The molecule has 0 saturated heterocycles. The average molecular weight is 393 g/mol. The highest BCUT2D eigenvalue weighted by Crippen LogP contribution is 2.43. The molecule has 7 heteroatoms.